The van der Waals surface area contributed by atoms with Crippen LogP contribution in [0.3, 0.4) is 0 Å². The van der Waals surface area contributed by atoms with Crippen LogP contribution in [0.1, 0.15) is 31.2 Å². The predicted molar refractivity (Wildman–Crippen MR) is 76.4 cm³/mol. The number of aromatic nitrogens is 2. The van der Waals surface area contributed by atoms with E-state index >= 15 is 0 Å². The molecule has 0 atom stereocenters. The molecule has 0 saturated carbocycles. The Balaban J connectivity index is 2.07. The fraction of sp³-hybridized carbons (Fsp3) is 0.375. The van der Waals surface area contributed by atoms with Gasteiger partial charge in [0, 0.05) is 12.8 Å². The average molecular weight is 273 g/mol. The number of benzene rings is 1. The average Bonchev–Trinajstić information content (AvgIpc) is 2.81. The number of aryl methyl sites for hydroxylation is 1. The maximum absolute atomic E-state index is 10.6. The molecule has 1 heterocycles. The third kappa shape index (κ3) is 3.70. The van der Waals surface area contributed by atoms with Gasteiger partial charge in [-0.2, -0.15) is 0 Å². The minimum absolute atomic E-state index is 0.222. The summed E-state index contributed by atoms with van der Waals surface area (Å²) >= 11 is 0. The molecule has 2 rings (SSSR count). The number of aliphatic carboxylic acids is 1. The van der Waals surface area contributed by atoms with E-state index in [1.807, 2.05) is 24.4 Å². The van der Waals surface area contributed by atoms with E-state index < -0.39 is 5.97 Å². The Hall–Kier alpha value is -2.10. The monoisotopic (exact) mass is 273 g/mol. The molecule has 106 valence electrons. The molecule has 0 amide bonds. The van der Waals surface area contributed by atoms with E-state index in [9.17, 15) is 4.79 Å². The summed E-state index contributed by atoms with van der Waals surface area (Å²) in [6.45, 7) is 3.75. The van der Waals surface area contributed by atoms with Crippen molar-refractivity contribution in [2.45, 2.75) is 39.3 Å². The Morgan fingerprint density at radius 2 is 2.05 bits per heavy atom. The molecule has 20 heavy (non-hydrogen) atoms. The molecule has 0 fully saturated rings. The van der Waals surface area contributed by atoms with E-state index in [1.165, 1.54) is 11.4 Å². The molecule has 4 nitrogen and oxygen atoms in total. The Labute approximate surface area is 119 Å². The number of hydrogen-bond donors (Lipinski definition) is 1. The summed E-state index contributed by atoms with van der Waals surface area (Å²) in [5.41, 5.74) is 1.27. The van der Waals surface area contributed by atoms with Crippen molar-refractivity contribution >= 4 is 5.97 Å². The lowest BCUT2D eigenvalue weighted by Crippen LogP contribution is -2.37. The summed E-state index contributed by atoms with van der Waals surface area (Å²) in [5.74, 6) is 0.506. The van der Waals surface area contributed by atoms with Crippen molar-refractivity contribution in [2.24, 2.45) is 0 Å². The molecule has 0 aliphatic rings. The maximum atomic E-state index is 10.6. The minimum atomic E-state index is -0.729. The molecule has 0 radical (unpaired) electrons. The fourth-order valence-electron chi connectivity index (χ4n) is 2.43. The summed E-state index contributed by atoms with van der Waals surface area (Å²) in [4.78, 5) is 10.6. The summed E-state index contributed by atoms with van der Waals surface area (Å²) in [6, 6.07) is 10.4. The molecular formula is C16H21N2O2+. The molecule has 0 bridgehead atoms. The highest BCUT2D eigenvalue weighted by atomic mass is 16.4. The van der Waals surface area contributed by atoms with Crippen LogP contribution in [-0.4, -0.2) is 15.6 Å². The Kier molecular flexibility index (Phi) is 4.93. The smallest absolute Gasteiger partial charge is 0.303 e. The molecule has 0 aliphatic carbocycles. The minimum Gasteiger partial charge on any atom is -0.481 e. The molecular weight excluding hydrogens is 252 g/mol. The first kappa shape index (κ1) is 14.3. The van der Waals surface area contributed by atoms with Gasteiger partial charge in [0.15, 0.2) is 0 Å². The van der Waals surface area contributed by atoms with Gasteiger partial charge in [-0.1, -0.05) is 37.3 Å². The van der Waals surface area contributed by atoms with Gasteiger partial charge in [0.1, 0.15) is 18.9 Å². The van der Waals surface area contributed by atoms with E-state index in [0.717, 1.165) is 19.5 Å². The van der Waals surface area contributed by atoms with Gasteiger partial charge < -0.3 is 5.11 Å². The SMILES string of the molecule is CCc1n(CCCC(=O)O)cc[n+]1Cc1ccccc1. The quantitative estimate of drug-likeness (QED) is 0.786. The van der Waals surface area contributed by atoms with Crippen LogP contribution in [0.15, 0.2) is 42.7 Å². The van der Waals surface area contributed by atoms with Crippen molar-refractivity contribution in [3.8, 4) is 0 Å². The van der Waals surface area contributed by atoms with Gasteiger partial charge in [-0.3, -0.25) is 4.79 Å². The molecule has 1 aromatic carbocycles. The van der Waals surface area contributed by atoms with Crippen LogP contribution in [0.5, 0.6) is 0 Å². The number of rotatable bonds is 7. The number of carboxylic acids is 1. The predicted octanol–water partition coefficient (Wildman–Crippen LogP) is 2.25. The molecule has 2 aromatic rings. The van der Waals surface area contributed by atoms with Crippen LogP contribution in [0.25, 0.3) is 0 Å². The molecule has 4 heteroatoms. The van der Waals surface area contributed by atoms with Crippen LogP contribution >= 0.6 is 0 Å². The van der Waals surface area contributed by atoms with E-state index in [1.54, 1.807) is 0 Å². The second-order valence-electron chi connectivity index (χ2n) is 4.87. The molecule has 1 N–H and O–H groups in total. The lowest BCUT2D eigenvalue weighted by atomic mass is 10.2. The maximum Gasteiger partial charge on any atom is 0.303 e. The van der Waals surface area contributed by atoms with Crippen LogP contribution in [0, 0.1) is 0 Å². The van der Waals surface area contributed by atoms with Gasteiger partial charge in [-0.25, -0.2) is 9.13 Å². The molecule has 0 unspecified atom stereocenters. The first-order chi connectivity index (χ1) is 9.70. The zero-order valence-electron chi connectivity index (χ0n) is 11.8. The summed E-state index contributed by atoms with van der Waals surface area (Å²) in [6.07, 6.45) is 5.95. The molecule has 0 spiro atoms. The van der Waals surface area contributed by atoms with Gasteiger partial charge in [-0.15, -0.1) is 0 Å². The third-order valence-electron chi connectivity index (χ3n) is 3.39. The number of imidazole rings is 1. The van der Waals surface area contributed by atoms with Crippen LogP contribution < -0.4 is 4.57 Å². The first-order valence-corrected chi connectivity index (χ1v) is 7.04. The van der Waals surface area contributed by atoms with Crippen molar-refractivity contribution in [1.82, 2.24) is 4.57 Å². The number of hydrogen-bond acceptors (Lipinski definition) is 1. The zero-order valence-corrected chi connectivity index (χ0v) is 11.8. The van der Waals surface area contributed by atoms with Crippen molar-refractivity contribution in [3.05, 3.63) is 54.1 Å². The zero-order chi connectivity index (χ0) is 14.4. The molecule has 1 aromatic heterocycles. The van der Waals surface area contributed by atoms with E-state index in [4.69, 9.17) is 5.11 Å². The van der Waals surface area contributed by atoms with Crippen LogP contribution in [-0.2, 0) is 24.3 Å². The Morgan fingerprint density at radius 1 is 1.30 bits per heavy atom. The second kappa shape index (κ2) is 6.89. The lowest BCUT2D eigenvalue weighted by Gasteiger charge is -2.03. The van der Waals surface area contributed by atoms with Gasteiger partial charge in [-0.05, 0) is 12.0 Å². The highest BCUT2D eigenvalue weighted by Crippen LogP contribution is 2.04. The number of carboxylic acid groups (broad SMARTS) is 1. The highest BCUT2D eigenvalue weighted by molar-refractivity contribution is 5.66. The topological polar surface area (TPSA) is 46.1 Å². The van der Waals surface area contributed by atoms with E-state index in [0.29, 0.717) is 6.42 Å². The second-order valence-corrected chi connectivity index (χ2v) is 4.87. The van der Waals surface area contributed by atoms with Crippen LogP contribution in [0.4, 0.5) is 0 Å². The fourth-order valence-corrected chi connectivity index (χ4v) is 2.43. The summed E-state index contributed by atoms with van der Waals surface area (Å²) in [7, 11) is 0. The molecule has 0 aliphatic heterocycles. The van der Waals surface area contributed by atoms with Crippen LogP contribution in [0.2, 0.25) is 0 Å². The highest BCUT2D eigenvalue weighted by Gasteiger charge is 2.15. The number of nitrogens with zero attached hydrogens (tertiary/aromatic N) is 2. The number of carbonyl (C=O) groups is 1. The van der Waals surface area contributed by atoms with Crippen molar-refractivity contribution in [2.75, 3.05) is 0 Å². The summed E-state index contributed by atoms with van der Waals surface area (Å²) < 4.78 is 4.39. The first-order valence-electron chi connectivity index (χ1n) is 7.04. The lowest BCUT2D eigenvalue weighted by molar-refractivity contribution is -0.695. The van der Waals surface area contributed by atoms with E-state index in [-0.39, 0.29) is 6.42 Å². The largest absolute Gasteiger partial charge is 0.481 e. The summed E-state index contributed by atoms with van der Waals surface area (Å²) in [5, 5.41) is 8.70. The normalized spacial score (nSPS) is 10.7. The van der Waals surface area contributed by atoms with E-state index in [2.05, 4.69) is 34.4 Å². The Morgan fingerprint density at radius 3 is 2.70 bits per heavy atom. The van der Waals surface area contributed by atoms with Gasteiger partial charge >= 0.3 is 5.97 Å². The van der Waals surface area contributed by atoms with Gasteiger partial charge in [0.25, 0.3) is 5.82 Å². The molecule has 0 saturated heterocycles. The Bertz CT molecular complexity index is 561. The van der Waals surface area contributed by atoms with Crippen molar-refractivity contribution in [1.29, 1.82) is 0 Å². The van der Waals surface area contributed by atoms with Crippen molar-refractivity contribution < 1.29 is 14.5 Å². The third-order valence-corrected chi connectivity index (χ3v) is 3.39. The standard InChI is InChI=1S/C16H20N2O2/c1-2-15-17(10-6-9-16(19)20)11-12-18(15)13-14-7-4-3-5-8-14/h3-5,7-8,11-12H,2,6,9-10,13H2,1H3/p+1. The van der Waals surface area contributed by atoms with Gasteiger partial charge in [0.2, 0.25) is 0 Å². The van der Waals surface area contributed by atoms with Crippen molar-refractivity contribution in [3.63, 3.8) is 0 Å². The van der Waals surface area contributed by atoms with Gasteiger partial charge in [0.05, 0.1) is 6.54 Å².